The SMILES string of the molecule is Cc1cc(C)nc(Cn2ccnc2CC(C)O)c1. The van der Waals surface area contributed by atoms with Crippen molar-refractivity contribution in [1.82, 2.24) is 14.5 Å². The zero-order chi connectivity index (χ0) is 13.1. The molecule has 4 nitrogen and oxygen atoms in total. The number of hydrogen-bond acceptors (Lipinski definition) is 3. The summed E-state index contributed by atoms with van der Waals surface area (Å²) in [4.78, 5) is 8.79. The second-order valence-electron chi connectivity index (χ2n) is 4.80. The van der Waals surface area contributed by atoms with Gasteiger partial charge in [-0.25, -0.2) is 4.98 Å². The van der Waals surface area contributed by atoms with Crippen LogP contribution in [0.5, 0.6) is 0 Å². The zero-order valence-corrected chi connectivity index (χ0v) is 11.1. The summed E-state index contributed by atoms with van der Waals surface area (Å²) >= 11 is 0. The van der Waals surface area contributed by atoms with Gasteiger partial charge in [-0.05, 0) is 38.5 Å². The molecule has 2 aromatic rings. The van der Waals surface area contributed by atoms with Gasteiger partial charge >= 0.3 is 0 Å². The van der Waals surface area contributed by atoms with E-state index in [4.69, 9.17) is 0 Å². The van der Waals surface area contributed by atoms with Crippen LogP contribution in [0.4, 0.5) is 0 Å². The Morgan fingerprint density at radius 1 is 1.33 bits per heavy atom. The van der Waals surface area contributed by atoms with E-state index in [9.17, 15) is 5.11 Å². The molecule has 0 aromatic carbocycles. The van der Waals surface area contributed by atoms with Gasteiger partial charge in [0.1, 0.15) is 5.82 Å². The second kappa shape index (κ2) is 5.31. The second-order valence-corrected chi connectivity index (χ2v) is 4.80. The van der Waals surface area contributed by atoms with Crippen molar-refractivity contribution < 1.29 is 5.11 Å². The molecule has 1 unspecified atom stereocenters. The summed E-state index contributed by atoms with van der Waals surface area (Å²) in [6.07, 6.45) is 3.88. The summed E-state index contributed by atoms with van der Waals surface area (Å²) in [5.74, 6) is 0.894. The third kappa shape index (κ3) is 3.17. The standard InChI is InChI=1S/C14H19N3O/c1-10-6-11(2)16-13(7-10)9-17-5-4-15-14(17)8-12(3)18/h4-7,12,18H,8-9H2,1-3H3. The Bertz CT molecular complexity index is 511. The number of aryl methyl sites for hydroxylation is 2. The molecule has 0 aliphatic rings. The number of nitrogens with zero attached hydrogens (tertiary/aromatic N) is 3. The highest BCUT2D eigenvalue weighted by Crippen LogP contribution is 2.09. The molecule has 0 bridgehead atoms. The van der Waals surface area contributed by atoms with Crippen LogP contribution in [-0.4, -0.2) is 25.7 Å². The number of aliphatic hydroxyl groups excluding tert-OH is 1. The van der Waals surface area contributed by atoms with Gasteiger partial charge in [0.25, 0.3) is 0 Å². The van der Waals surface area contributed by atoms with Crippen molar-refractivity contribution in [3.05, 3.63) is 47.3 Å². The number of aromatic nitrogens is 3. The lowest BCUT2D eigenvalue weighted by atomic mass is 10.2. The molecule has 2 rings (SSSR count). The predicted octanol–water partition coefficient (Wildman–Crippen LogP) is 1.87. The van der Waals surface area contributed by atoms with Gasteiger partial charge in [0, 0.05) is 24.5 Å². The maximum atomic E-state index is 9.43. The van der Waals surface area contributed by atoms with Gasteiger partial charge in [-0.2, -0.15) is 0 Å². The number of hydrogen-bond donors (Lipinski definition) is 1. The first kappa shape index (κ1) is 12.8. The van der Waals surface area contributed by atoms with Crippen LogP contribution in [0.1, 0.15) is 29.7 Å². The van der Waals surface area contributed by atoms with Crippen molar-refractivity contribution in [2.45, 2.75) is 39.8 Å². The molecule has 2 aromatic heterocycles. The van der Waals surface area contributed by atoms with Crippen LogP contribution in [0.15, 0.2) is 24.5 Å². The number of rotatable bonds is 4. The predicted molar refractivity (Wildman–Crippen MR) is 70.4 cm³/mol. The van der Waals surface area contributed by atoms with Gasteiger partial charge in [0.15, 0.2) is 0 Å². The third-order valence-electron chi connectivity index (χ3n) is 2.76. The monoisotopic (exact) mass is 245 g/mol. The normalized spacial score (nSPS) is 12.7. The quantitative estimate of drug-likeness (QED) is 0.894. The molecule has 0 saturated carbocycles. The minimum absolute atomic E-state index is 0.377. The first-order valence-corrected chi connectivity index (χ1v) is 6.17. The Balaban J connectivity index is 2.20. The zero-order valence-electron chi connectivity index (χ0n) is 11.1. The van der Waals surface area contributed by atoms with Gasteiger partial charge in [-0.15, -0.1) is 0 Å². The highest BCUT2D eigenvalue weighted by Gasteiger charge is 2.07. The molecule has 1 atom stereocenters. The Morgan fingerprint density at radius 2 is 2.11 bits per heavy atom. The average molecular weight is 245 g/mol. The molecule has 0 spiro atoms. The minimum Gasteiger partial charge on any atom is -0.393 e. The lowest BCUT2D eigenvalue weighted by Gasteiger charge is -2.10. The van der Waals surface area contributed by atoms with E-state index in [1.807, 2.05) is 17.7 Å². The number of pyridine rings is 1. The van der Waals surface area contributed by atoms with E-state index in [0.717, 1.165) is 17.2 Å². The van der Waals surface area contributed by atoms with E-state index in [0.29, 0.717) is 13.0 Å². The molecule has 0 aliphatic carbocycles. The fourth-order valence-electron chi connectivity index (χ4n) is 2.12. The summed E-state index contributed by atoms with van der Waals surface area (Å²) < 4.78 is 2.04. The largest absolute Gasteiger partial charge is 0.393 e. The van der Waals surface area contributed by atoms with Crippen LogP contribution in [0.2, 0.25) is 0 Å². The molecule has 0 aliphatic heterocycles. The number of aliphatic hydroxyl groups is 1. The summed E-state index contributed by atoms with van der Waals surface area (Å²) in [6, 6.07) is 4.15. The van der Waals surface area contributed by atoms with Gasteiger partial charge in [-0.3, -0.25) is 4.98 Å². The molecule has 4 heteroatoms. The van der Waals surface area contributed by atoms with Gasteiger partial charge in [0.05, 0.1) is 18.3 Å². The van der Waals surface area contributed by atoms with Crippen molar-refractivity contribution in [3.8, 4) is 0 Å². The lowest BCUT2D eigenvalue weighted by molar-refractivity contribution is 0.191. The van der Waals surface area contributed by atoms with Crippen molar-refractivity contribution in [2.24, 2.45) is 0 Å². The molecule has 0 fully saturated rings. The summed E-state index contributed by atoms with van der Waals surface area (Å²) in [5, 5.41) is 9.43. The molecule has 0 amide bonds. The van der Waals surface area contributed by atoms with Crippen LogP contribution in [0.3, 0.4) is 0 Å². The molecule has 18 heavy (non-hydrogen) atoms. The highest BCUT2D eigenvalue weighted by atomic mass is 16.3. The minimum atomic E-state index is -0.377. The highest BCUT2D eigenvalue weighted by molar-refractivity contribution is 5.20. The van der Waals surface area contributed by atoms with Crippen molar-refractivity contribution >= 4 is 0 Å². The summed E-state index contributed by atoms with van der Waals surface area (Å²) in [7, 11) is 0. The Morgan fingerprint density at radius 3 is 2.78 bits per heavy atom. The van der Waals surface area contributed by atoms with E-state index in [1.54, 1.807) is 13.1 Å². The van der Waals surface area contributed by atoms with E-state index in [-0.39, 0.29) is 6.10 Å². The van der Waals surface area contributed by atoms with E-state index in [1.165, 1.54) is 5.56 Å². The van der Waals surface area contributed by atoms with Crippen molar-refractivity contribution in [2.75, 3.05) is 0 Å². The first-order chi connectivity index (χ1) is 8.54. The Labute approximate surface area is 107 Å². The first-order valence-electron chi connectivity index (χ1n) is 6.17. The fraction of sp³-hybridized carbons (Fsp3) is 0.429. The maximum Gasteiger partial charge on any atom is 0.111 e. The van der Waals surface area contributed by atoms with Crippen molar-refractivity contribution in [1.29, 1.82) is 0 Å². The van der Waals surface area contributed by atoms with Crippen LogP contribution < -0.4 is 0 Å². The van der Waals surface area contributed by atoms with E-state index < -0.39 is 0 Å². The maximum absolute atomic E-state index is 9.43. The smallest absolute Gasteiger partial charge is 0.111 e. The molecule has 0 saturated heterocycles. The molecular formula is C14H19N3O. The Kier molecular flexibility index (Phi) is 3.77. The molecule has 2 heterocycles. The van der Waals surface area contributed by atoms with E-state index in [2.05, 4.69) is 29.0 Å². The third-order valence-corrected chi connectivity index (χ3v) is 2.76. The van der Waals surface area contributed by atoms with Crippen molar-refractivity contribution in [3.63, 3.8) is 0 Å². The van der Waals surface area contributed by atoms with Crippen LogP contribution in [0.25, 0.3) is 0 Å². The van der Waals surface area contributed by atoms with Crippen LogP contribution in [-0.2, 0) is 13.0 Å². The molecule has 0 radical (unpaired) electrons. The van der Waals surface area contributed by atoms with Gasteiger partial charge in [0.2, 0.25) is 0 Å². The molecular weight excluding hydrogens is 226 g/mol. The van der Waals surface area contributed by atoms with Gasteiger partial charge in [-0.1, -0.05) is 0 Å². The summed E-state index contributed by atoms with van der Waals surface area (Å²) in [6.45, 7) is 6.54. The molecule has 96 valence electrons. The van der Waals surface area contributed by atoms with Gasteiger partial charge < -0.3 is 9.67 Å². The van der Waals surface area contributed by atoms with Crippen LogP contribution >= 0.6 is 0 Å². The number of imidazole rings is 1. The fourth-order valence-corrected chi connectivity index (χ4v) is 2.12. The summed E-state index contributed by atoms with van der Waals surface area (Å²) in [5.41, 5.74) is 3.27. The van der Waals surface area contributed by atoms with Crippen LogP contribution in [0, 0.1) is 13.8 Å². The van der Waals surface area contributed by atoms with E-state index >= 15 is 0 Å². The topological polar surface area (TPSA) is 50.9 Å². The lowest BCUT2D eigenvalue weighted by Crippen LogP contribution is -2.12. The Hall–Kier alpha value is -1.68. The average Bonchev–Trinajstić information content (AvgIpc) is 2.63. The molecule has 1 N–H and O–H groups in total.